The van der Waals surface area contributed by atoms with E-state index in [1.165, 1.54) is 7.11 Å². The van der Waals surface area contributed by atoms with Crippen LogP contribution in [0.3, 0.4) is 0 Å². The largest absolute Gasteiger partial charge is 0.496 e. The monoisotopic (exact) mass is 434 g/mol. The molecule has 0 unspecified atom stereocenters. The van der Waals surface area contributed by atoms with Crippen LogP contribution in [0.2, 0.25) is 0 Å². The average Bonchev–Trinajstić information content (AvgIpc) is 3.09. The molecular weight excluding hydrogens is 408 g/mol. The van der Waals surface area contributed by atoms with Gasteiger partial charge in [0.05, 0.1) is 13.7 Å². The summed E-state index contributed by atoms with van der Waals surface area (Å²) >= 11 is 0. The zero-order valence-corrected chi connectivity index (χ0v) is 18.0. The van der Waals surface area contributed by atoms with E-state index in [0.717, 1.165) is 5.57 Å². The van der Waals surface area contributed by atoms with E-state index in [-0.39, 0.29) is 37.4 Å². The van der Waals surface area contributed by atoms with Crippen LogP contribution in [0.25, 0.3) is 0 Å². The minimum Gasteiger partial charge on any atom is -0.496 e. The second-order valence-electron chi connectivity index (χ2n) is 7.00. The van der Waals surface area contributed by atoms with Gasteiger partial charge in [0.25, 0.3) is 0 Å². The summed E-state index contributed by atoms with van der Waals surface area (Å²) in [7, 11) is 1.46. The van der Waals surface area contributed by atoms with Crippen LogP contribution in [0.15, 0.2) is 11.6 Å². The molecule has 1 aromatic rings. The maximum absolute atomic E-state index is 12.4. The Labute approximate surface area is 179 Å². The zero-order chi connectivity index (χ0) is 23.1. The Morgan fingerprint density at radius 2 is 1.87 bits per heavy atom. The first kappa shape index (κ1) is 23.9. The van der Waals surface area contributed by atoms with E-state index in [9.17, 15) is 19.2 Å². The Morgan fingerprint density at radius 1 is 1.16 bits per heavy atom. The molecule has 0 fully saturated rings. The smallest absolute Gasteiger partial charge is 0.342 e. The summed E-state index contributed by atoms with van der Waals surface area (Å²) in [4.78, 5) is 47.2. The highest BCUT2D eigenvalue weighted by Gasteiger charge is 2.34. The highest BCUT2D eigenvalue weighted by molar-refractivity contribution is 6.00. The van der Waals surface area contributed by atoms with Gasteiger partial charge in [-0.2, -0.15) is 0 Å². The maximum Gasteiger partial charge on any atom is 0.342 e. The lowest BCUT2D eigenvalue weighted by Gasteiger charge is -2.18. The first-order chi connectivity index (χ1) is 14.7. The highest BCUT2D eigenvalue weighted by Crippen LogP contribution is 2.43. The van der Waals surface area contributed by atoms with Crippen molar-refractivity contribution in [1.82, 2.24) is 0 Å². The summed E-state index contributed by atoms with van der Waals surface area (Å²) in [5, 5.41) is 8.86. The molecule has 9 heteroatoms. The predicted octanol–water partition coefficient (Wildman–Crippen LogP) is 2.89. The number of cyclic esters (lactones) is 1. The van der Waals surface area contributed by atoms with Gasteiger partial charge in [-0.25, -0.2) is 4.79 Å². The third-order valence-electron chi connectivity index (χ3n) is 4.82. The van der Waals surface area contributed by atoms with Crippen LogP contribution in [-0.2, 0) is 36.9 Å². The van der Waals surface area contributed by atoms with Gasteiger partial charge < -0.3 is 24.1 Å². The van der Waals surface area contributed by atoms with Crippen LogP contribution in [0.5, 0.6) is 11.5 Å². The number of methoxy groups -OCH3 is 1. The van der Waals surface area contributed by atoms with Crippen molar-refractivity contribution in [3.63, 3.8) is 0 Å². The van der Waals surface area contributed by atoms with Crippen LogP contribution in [0.4, 0.5) is 0 Å². The number of aliphatic carboxylic acids is 1. The number of allylic oxidation sites excluding steroid dienone is 2. The lowest BCUT2D eigenvalue weighted by Crippen LogP contribution is -2.18. The molecule has 1 aromatic carbocycles. The normalized spacial score (nSPS) is 12.8. The van der Waals surface area contributed by atoms with Crippen LogP contribution >= 0.6 is 0 Å². The number of rotatable bonds is 10. The van der Waals surface area contributed by atoms with Crippen molar-refractivity contribution >= 4 is 23.9 Å². The zero-order valence-electron chi connectivity index (χ0n) is 18.0. The minimum absolute atomic E-state index is 0.0171. The van der Waals surface area contributed by atoms with Gasteiger partial charge in [0.15, 0.2) is 5.75 Å². The van der Waals surface area contributed by atoms with Gasteiger partial charge in [-0.15, -0.1) is 0 Å². The van der Waals surface area contributed by atoms with Crippen molar-refractivity contribution in [2.24, 2.45) is 0 Å². The molecular formula is C22H26O9. The van der Waals surface area contributed by atoms with Crippen LogP contribution in [-0.4, -0.2) is 42.7 Å². The number of carbonyl (C=O) groups excluding carboxylic acids is 3. The standard InChI is InChI=1S/C22H26O9/c1-5-29-17(25)10-18(26)31-21-14(8-6-12(2)7-9-16(23)24)20(28-4)13(3)15-11-30-22(27)19(15)21/h6H,5,7-11H2,1-4H3,(H,23,24)/b12-6+. The lowest BCUT2D eigenvalue weighted by atomic mass is 9.94. The van der Waals surface area contributed by atoms with Gasteiger partial charge in [0, 0.05) is 17.5 Å². The molecule has 1 heterocycles. The van der Waals surface area contributed by atoms with E-state index in [2.05, 4.69) is 0 Å². The highest BCUT2D eigenvalue weighted by atomic mass is 16.6. The summed E-state index contributed by atoms with van der Waals surface area (Å²) in [5.74, 6) is -2.74. The number of esters is 3. The van der Waals surface area contributed by atoms with Crippen LogP contribution < -0.4 is 9.47 Å². The van der Waals surface area contributed by atoms with Gasteiger partial charge in [-0.1, -0.05) is 11.6 Å². The molecule has 0 spiro atoms. The molecule has 31 heavy (non-hydrogen) atoms. The molecule has 0 aliphatic carbocycles. The SMILES string of the molecule is CCOC(=O)CC(=O)Oc1c(C/C=C(\C)CCC(=O)O)c(OC)c(C)c2c1C(=O)OC2. The Hall–Kier alpha value is -3.36. The number of carboxylic acids is 1. The Balaban J connectivity index is 2.47. The van der Waals surface area contributed by atoms with Crippen molar-refractivity contribution < 1.29 is 43.2 Å². The topological polar surface area (TPSA) is 125 Å². The maximum atomic E-state index is 12.4. The molecule has 1 aliphatic rings. The molecule has 0 bridgehead atoms. The first-order valence-electron chi connectivity index (χ1n) is 9.82. The number of ether oxygens (including phenoxy) is 4. The van der Waals surface area contributed by atoms with E-state index in [1.54, 1.807) is 26.8 Å². The summed E-state index contributed by atoms with van der Waals surface area (Å²) in [6, 6.07) is 0. The number of carboxylic acid groups (broad SMARTS) is 1. The van der Waals surface area contributed by atoms with Gasteiger partial charge in [0.1, 0.15) is 24.3 Å². The quantitative estimate of drug-likeness (QED) is 0.256. The van der Waals surface area contributed by atoms with E-state index in [4.69, 9.17) is 24.1 Å². The first-order valence-corrected chi connectivity index (χ1v) is 9.82. The molecule has 2 rings (SSSR count). The fourth-order valence-electron chi connectivity index (χ4n) is 3.28. The Kier molecular flexibility index (Phi) is 8.18. The third-order valence-corrected chi connectivity index (χ3v) is 4.82. The average molecular weight is 434 g/mol. The van der Waals surface area contributed by atoms with Gasteiger partial charge in [-0.3, -0.25) is 14.4 Å². The van der Waals surface area contributed by atoms with Gasteiger partial charge in [0.2, 0.25) is 0 Å². The number of carbonyl (C=O) groups is 4. The van der Waals surface area contributed by atoms with Gasteiger partial charge >= 0.3 is 23.9 Å². The Bertz CT molecular complexity index is 928. The minimum atomic E-state index is -0.907. The number of hydrogen-bond acceptors (Lipinski definition) is 8. The molecule has 9 nitrogen and oxygen atoms in total. The third kappa shape index (κ3) is 5.84. The second-order valence-corrected chi connectivity index (χ2v) is 7.00. The summed E-state index contributed by atoms with van der Waals surface area (Å²) in [6.07, 6.45) is 1.73. The van der Waals surface area contributed by atoms with Crippen molar-refractivity contribution in [3.8, 4) is 11.5 Å². The second kappa shape index (κ2) is 10.6. The molecule has 1 N–H and O–H groups in total. The molecule has 0 amide bonds. The summed E-state index contributed by atoms with van der Waals surface area (Å²) in [5.41, 5.74) is 2.61. The fourth-order valence-corrected chi connectivity index (χ4v) is 3.28. The van der Waals surface area contributed by atoms with Crippen molar-refractivity contribution in [1.29, 1.82) is 0 Å². The Morgan fingerprint density at radius 3 is 2.48 bits per heavy atom. The molecule has 0 saturated carbocycles. The van der Waals surface area contributed by atoms with Crippen LogP contribution in [0, 0.1) is 6.92 Å². The van der Waals surface area contributed by atoms with E-state index >= 15 is 0 Å². The van der Waals surface area contributed by atoms with Crippen molar-refractivity contribution in [3.05, 3.63) is 33.9 Å². The van der Waals surface area contributed by atoms with Crippen LogP contribution in [0.1, 0.15) is 60.2 Å². The van der Waals surface area contributed by atoms with Gasteiger partial charge in [-0.05, 0) is 39.2 Å². The van der Waals surface area contributed by atoms with E-state index < -0.39 is 30.3 Å². The number of hydrogen-bond donors (Lipinski definition) is 1. The van der Waals surface area contributed by atoms with E-state index in [0.29, 0.717) is 28.9 Å². The summed E-state index contributed by atoms with van der Waals surface area (Å²) in [6.45, 7) is 5.32. The van der Waals surface area contributed by atoms with Crippen molar-refractivity contribution in [2.45, 2.75) is 53.1 Å². The predicted molar refractivity (Wildman–Crippen MR) is 108 cm³/mol. The van der Waals surface area contributed by atoms with Crippen molar-refractivity contribution in [2.75, 3.05) is 13.7 Å². The fraction of sp³-hybridized carbons (Fsp3) is 0.455. The molecule has 1 aliphatic heterocycles. The summed E-state index contributed by atoms with van der Waals surface area (Å²) < 4.78 is 20.9. The number of benzene rings is 1. The number of fused-ring (bicyclic) bond motifs is 1. The molecule has 0 aromatic heterocycles. The molecule has 168 valence electrons. The molecule has 0 saturated heterocycles. The lowest BCUT2D eigenvalue weighted by molar-refractivity contribution is -0.149. The van der Waals surface area contributed by atoms with E-state index in [1.807, 2.05) is 0 Å². The molecule has 0 atom stereocenters. The molecule has 0 radical (unpaired) electrons.